The molecule has 0 bridgehead atoms. The number of piperidine rings is 1. The molecule has 3 nitrogen and oxygen atoms in total. The average Bonchev–Trinajstić information content (AvgIpc) is 2.74. The van der Waals surface area contributed by atoms with Crippen LogP contribution in [0.3, 0.4) is 0 Å². The molecule has 3 heterocycles. The molecule has 3 fully saturated rings. The fourth-order valence-corrected chi connectivity index (χ4v) is 3.61. The zero-order chi connectivity index (χ0) is 10.8. The maximum atomic E-state index is 5.42. The molecule has 3 rings (SSSR count). The minimum atomic E-state index is 0.723. The van der Waals surface area contributed by atoms with Crippen LogP contribution in [0.15, 0.2) is 0 Å². The molecule has 3 aliphatic heterocycles. The third-order valence-electron chi connectivity index (χ3n) is 4.53. The van der Waals surface area contributed by atoms with Crippen LogP contribution in [0.1, 0.15) is 38.5 Å². The Bertz CT molecular complexity index is 228. The molecule has 1 N–H and O–H groups in total. The van der Waals surface area contributed by atoms with Gasteiger partial charge in [-0.05, 0) is 38.6 Å². The van der Waals surface area contributed by atoms with Crippen molar-refractivity contribution in [2.75, 3.05) is 26.3 Å². The van der Waals surface area contributed by atoms with Crippen molar-refractivity contribution >= 4 is 0 Å². The Kier molecular flexibility index (Phi) is 3.46. The van der Waals surface area contributed by atoms with E-state index in [1.54, 1.807) is 0 Å². The van der Waals surface area contributed by atoms with E-state index in [2.05, 4.69) is 10.2 Å². The second-order valence-corrected chi connectivity index (χ2v) is 5.55. The highest BCUT2D eigenvalue weighted by Crippen LogP contribution is 2.28. The normalized spacial score (nSPS) is 37.5. The van der Waals surface area contributed by atoms with Crippen LogP contribution in [-0.4, -0.2) is 49.3 Å². The number of rotatable bonds is 2. The molecular weight excluding hydrogens is 200 g/mol. The van der Waals surface area contributed by atoms with Crippen LogP contribution in [-0.2, 0) is 4.74 Å². The van der Waals surface area contributed by atoms with Gasteiger partial charge in [0, 0.05) is 37.9 Å². The van der Waals surface area contributed by atoms with E-state index in [9.17, 15) is 0 Å². The second kappa shape index (κ2) is 5.03. The van der Waals surface area contributed by atoms with Crippen LogP contribution in [0, 0.1) is 0 Å². The standard InChI is InChI=1S/C13H24N2O/c1-2-7-15-8-4-12(13(15)3-1)14-11-5-9-16-10-6-11/h11-14H,1-10H2. The van der Waals surface area contributed by atoms with E-state index in [-0.39, 0.29) is 0 Å². The third-order valence-corrected chi connectivity index (χ3v) is 4.53. The first-order chi connectivity index (χ1) is 7.93. The Balaban J connectivity index is 1.54. The molecule has 92 valence electrons. The van der Waals surface area contributed by atoms with Crippen LogP contribution in [0.5, 0.6) is 0 Å². The van der Waals surface area contributed by atoms with Gasteiger partial charge in [0.25, 0.3) is 0 Å². The summed E-state index contributed by atoms with van der Waals surface area (Å²) in [6.45, 7) is 4.58. The lowest BCUT2D eigenvalue weighted by Crippen LogP contribution is -2.49. The lowest BCUT2D eigenvalue weighted by Gasteiger charge is -2.35. The molecule has 2 unspecified atom stereocenters. The van der Waals surface area contributed by atoms with Gasteiger partial charge in [0.05, 0.1) is 0 Å². The highest BCUT2D eigenvalue weighted by Gasteiger charge is 2.36. The number of nitrogens with zero attached hydrogens (tertiary/aromatic N) is 1. The van der Waals surface area contributed by atoms with Crippen LogP contribution in [0.25, 0.3) is 0 Å². The van der Waals surface area contributed by atoms with Crippen molar-refractivity contribution in [2.24, 2.45) is 0 Å². The van der Waals surface area contributed by atoms with Gasteiger partial charge in [0.2, 0.25) is 0 Å². The summed E-state index contributed by atoms with van der Waals surface area (Å²) >= 11 is 0. The van der Waals surface area contributed by atoms with E-state index in [1.807, 2.05) is 0 Å². The number of ether oxygens (including phenoxy) is 1. The van der Waals surface area contributed by atoms with Gasteiger partial charge in [-0.3, -0.25) is 4.90 Å². The summed E-state index contributed by atoms with van der Waals surface area (Å²) in [4.78, 5) is 2.71. The molecular formula is C13H24N2O. The topological polar surface area (TPSA) is 24.5 Å². The molecule has 0 radical (unpaired) electrons. The van der Waals surface area contributed by atoms with Crippen LogP contribution in [0.2, 0.25) is 0 Å². The quantitative estimate of drug-likeness (QED) is 0.767. The summed E-state index contributed by atoms with van der Waals surface area (Å²) in [5.74, 6) is 0. The van der Waals surface area contributed by atoms with Gasteiger partial charge >= 0.3 is 0 Å². The van der Waals surface area contributed by atoms with Gasteiger partial charge in [-0.15, -0.1) is 0 Å². The van der Waals surface area contributed by atoms with Gasteiger partial charge in [-0.25, -0.2) is 0 Å². The fraction of sp³-hybridized carbons (Fsp3) is 1.00. The largest absolute Gasteiger partial charge is 0.381 e. The van der Waals surface area contributed by atoms with Crippen molar-refractivity contribution in [1.82, 2.24) is 10.2 Å². The maximum absolute atomic E-state index is 5.42. The van der Waals surface area contributed by atoms with E-state index in [0.29, 0.717) is 0 Å². The molecule has 0 amide bonds. The molecule has 0 aromatic heterocycles. The number of nitrogens with one attached hydrogen (secondary N) is 1. The second-order valence-electron chi connectivity index (χ2n) is 5.55. The summed E-state index contributed by atoms with van der Waals surface area (Å²) in [6.07, 6.45) is 8.06. The Hall–Kier alpha value is -0.120. The molecule has 0 saturated carbocycles. The highest BCUT2D eigenvalue weighted by molar-refractivity contribution is 4.95. The number of hydrogen-bond donors (Lipinski definition) is 1. The molecule has 2 atom stereocenters. The van der Waals surface area contributed by atoms with Crippen molar-refractivity contribution in [1.29, 1.82) is 0 Å². The molecule has 0 aromatic rings. The molecule has 3 heteroatoms. The minimum absolute atomic E-state index is 0.723. The fourth-order valence-electron chi connectivity index (χ4n) is 3.61. The van der Waals surface area contributed by atoms with Crippen molar-refractivity contribution in [3.8, 4) is 0 Å². The van der Waals surface area contributed by atoms with Crippen molar-refractivity contribution in [2.45, 2.75) is 56.7 Å². The Morgan fingerprint density at radius 1 is 0.938 bits per heavy atom. The Morgan fingerprint density at radius 3 is 2.69 bits per heavy atom. The summed E-state index contributed by atoms with van der Waals surface area (Å²) in [7, 11) is 0. The first-order valence-electron chi connectivity index (χ1n) is 7.01. The number of hydrogen-bond acceptors (Lipinski definition) is 3. The summed E-state index contributed by atoms with van der Waals surface area (Å²) in [5.41, 5.74) is 0. The summed E-state index contributed by atoms with van der Waals surface area (Å²) in [5, 5.41) is 3.90. The van der Waals surface area contributed by atoms with E-state index >= 15 is 0 Å². The highest BCUT2D eigenvalue weighted by atomic mass is 16.5. The Morgan fingerprint density at radius 2 is 1.81 bits per heavy atom. The summed E-state index contributed by atoms with van der Waals surface area (Å²) in [6, 6.07) is 2.33. The van der Waals surface area contributed by atoms with Gasteiger partial charge in [0.15, 0.2) is 0 Å². The predicted molar refractivity (Wildman–Crippen MR) is 64.6 cm³/mol. The lowest BCUT2D eigenvalue weighted by molar-refractivity contribution is 0.0715. The van der Waals surface area contributed by atoms with Crippen molar-refractivity contribution < 1.29 is 4.74 Å². The zero-order valence-corrected chi connectivity index (χ0v) is 10.2. The van der Waals surface area contributed by atoms with Gasteiger partial charge in [-0.2, -0.15) is 0 Å². The first-order valence-corrected chi connectivity index (χ1v) is 7.01. The number of fused-ring (bicyclic) bond motifs is 1. The van der Waals surface area contributed by atoms with Gasteiger partial charge in [-0.1, -0.05) is 6.42 Å². The Labute approximate surface area is 98.5 Å². The van der Waals surface area contributed by atoms with Gasteiger partial charge < -0.3 is 10.1 Å². The summed E-state index contributed by atoms with van der Waals surface area (Å²) < 4.78 is 5.42. The first kappa shape index (κ1) is 11.0. The van der Waals surface area contributed by atoms with Crippen molar-refractivity contribution in [3.63, 3.8) is 0 Å². The van der Waals surface area contributed by atoms with E-state index < -0.39 is 0 Å². The molecule has 0 aliphatic carbocycles. The van der Waals surface area contributed by atoms with Crippen LogP contribution < -0.4 is 5.32 Å². The predicted octanol–water partition coefficient (Wildman–Crippen LogP) is 1.38. The molecule has 3 aliphatic rings. The SMILES string of the molecule is C1CCN2CCC(NC3CCOCC3)C2C1. The van der Waals surface area contributed by atoms with Crippen LogP contribution >= 0.6 is 0 Å². The molecule has 3 saturated heterocycles. The van der Waals surface area contributed by atoms with Gasteiger partial charge in [0.1, 0.15) is 0 Å². The molecule has 0 spiro atoms. The smallest absolute Gasteiger partial charge is 0.0480 e. The van der Waals surface area contributed by atoms with Crippen LogP contribution in [0.4, 0.5) is 0 Å². The zero-order valence-electron chi connectivity index (χ0n) is 10.2. The third kappa shape index (κ3) is 2.27. The molecule has 0 aromatic carbocycles. The van der Waals surface area contributed by atoms with E-state index in [0.717, 1.165) is 31.3 Å². The van der Waals surface area contributed by atoms with E-state index in [1.165, 1.54) is 51.6 Å². The average molecular weight is 224 g/mol. The molecule has 16 heavy (non-hydrogen) atoms. The minimum Gasteiger partial charge on any atom is -0.381 e. The lowest BCUT2D eigenvalue weighted by atomic mass is 9.97. The monoisotopic (exact) mass is 224 g/mol. The van der Waals surface area contributed by atoms with Crippen molar-refractivity contribution in [3.05, 3.63) is 0 Å². The maximum Gasteiger partial charge on any atom is 0.0480 e. The van der Waals surface area contributed by atoms with E-state index in [4.69, 9.17) is 4.74 Å².